The van der Waals surface area contributed by atoms with Crippen molar-refractivity contribution < 1.29 is 9.53 Å². The van der Waals surface area contributed by atoms with E-state index in [4.69, 9.17) is 10.5 Å². The van der Waals surface area contributed by atoms with Crippen LogP contribution in [0.1, 0.15) is 24.5 Å². The van der Waals surface area contributed by atoms with Crippen molar-refractivity contribution in [3.63, 3.8) is 0 Å². The second-order valence-electron chi connectivity index (χ2n) is 5.88. The van der Waals surface area contributed by atoms with Gasteiger partial charge in [-0.1, -0.05) is 48.5 Å². The third-order valence-corrected chi connectivity index (χ3v) is 4.18. The van der Waals surface area contributed by atoms with Crippen LogP contribution in [0.3, 0.4) is 0 Å². The maximum absolute atomic E-state index is 13.0. The Hall–Kier alpha value is -2.33. The molecule has 1 aliphatic heterocycles. The average Bonchev–Trinajstić information content (AvgIpc) is 2.61. The Morgan fingerprint density at radius 1 is 1.00 bits per heavy atom. The second kappa shape index (κ2) is 7.29. The van der Waals surface area contributed by atoms with Crippen molar-refractivity contribution in [1.29, 1.82) is 0 Å². The van der Waals surface area contributed by atoms with E-state index >= 15 is 0 Å². The molecular weight excluding hydrogens is 288 g/mol. The third-order valence-electron chi connectivity index (χ3n) is 4.18. The highest BCUT2D eigenvalue weighted by molar-refractivity contribution is 5.82. The zero-order valence-electron chi connectivity index (χ0n) is 13.1. The van der Waals surface area contributed by atoms with Crippen LogP contribution < -0.4 is 10.5 Å². The van der Waals surface area contributed by atoms with E-state index in [2.05, 4.69) is 0 Å². The molecule has 2 aromatic rings. The molecule has 4 heteroatoms. The number of hydrogen-bond acceptors (Lipinski definition) is 3. The number of hydrogen-bond donors (Lipinski definition) is 1. The van der Waals surface area contributed by atoms with Crippen molar-refractivity contribution in [3.8, 4) is 5.75 Å². The molecule has 1 aliphatic rings. The van der Waals surface area contributed by atoms with Crippen molar-refractivity contribution in [2.75, 3.05) is 13.1 Å². The van der Waals surface area contributed by atoms with E-state index < -0.39 is 6.10 Å². The molecule has 0 bridgehead atoms. The van der Waals surface area contributed by atoms with Crippen LogP contribution in [-0.2, 0) is 4.79 Å². The molecule has 1 heterocycles. The quantitative estimate of drug-likeness (QED) is 0.944. The Kier molecular flexibility index (Phi) is 4.93. The Labute approximate surface area is 136 Å². The lowest BCUT2D eigenvalue weighted by molar-refractivity contribution is -0.140. The number of ether oxygens (including phenoxy) is 1. The number of carbonyl (C=O) groups is 1. The summed E-state index contributed by atoms with van der Waals surface area (Å²) < 4.78 is 6.02. The first-order valence-corrected chi connectivity index (χ1v) is 8.05. The summed E-state index contributed by atoms with van der Waals surface area (Å²) in [5, 5.41) is 0. The third kappa shape index (κ3) is 3.90. The topological polar surface area (TPSA) is 55.6 Å². The van der Waals surface area contributed by atoms with E-state index in [1.54, 1.807) is 0 Å². The lowest BCUT2D eigenvalue weighted by Gasteiger charge is -2.33. The summed E-state index contributed by atoms with van der Waals surface area (Å²) >= 11 is 0. The number of benzene rings is 2. The fraction of sp³-hybridized carbons (Fsp3) is 0.316. The SMILES string of the molecule is NC1CCN(C(=O)C(Oc2ccccc2)c2ccccc2)CC1. The van der Waals surface area contributed by atoms with Crippen LogP contribution in [0.5, 0.6) is 5.75 Å². The van der Waals surface area contributed by atoms with Gasteiger partial charge in [0.15, 0.2) is 0 Å². The van der Waals surface area contributed by atoms with E-state index in [1.807, 2.05) is 65.6 Å². The van der Waals surface area contributed by atoms with Crippen molar-refractivity contribution in [3.05, 3.63) is 66.2 Å². The normalized spacial score (nSPS) is 16.8. The van der Waals surface area contributed by atoms with Gasteiger partial charge in [-0.15, -0.1) is 0 Å². The smallest absolute Gasteiger partial charge is 0.268 e. The Morgan fingerprint density at radius 3 is 2.17 bits per heavy atom. The van der Waals surface area contributed by atoms with E-state index in [1.165, 1.54) is 0 Å². The molecule has 120 valence electrons. The number of para-hydroxylation sites is 1. The molecule has 1 amide bonds. The van der Waals surface area contributed by atoms with Gasteiger partial charge >= 0.3 is 0 Å². The zero-order chi connectivity index (χ0) is 16.1. The highest BCUT2D eigenvalue weighted by Crippen LogP contribution is 2.25. The molecule has 2 N–H and O–H groups in total. The van der Waals surface area contributed by atoms with E-state index in [0.29, 0.717) is 18.8 Å². The zero-order valence-corrected chi connectivity index (χ0v) is 13.1. The van der Waals surface area contributed by atoms with Crippen LogP contribution in [0, 0.1) is 0 Å². The molecular formula is C19H22N2O2. The number of nitrogens with zero attached hydrogens (tertiary/aromatic N) is 1. The Balaban J connectivity index is 1.81. The van der Waals surface area contributed by atoms with Crippen LogP contribution >= 0.6 is 0 Å². The number of amides is 1. The van der Waals surface area contributed by atoms with Gasteiger partial charge in [-0.25, -0.2) is 0 Å². The summed E-state index contributed by atoms with van der Waals surface area (Å²) in [6.45, 7) is 1.39. The van der Waals surface area contributed by atoms with Gasteiger partial charge in [0, 0.05) is 24.7 Å². The molecule has 1 fully saturated rings. The molecule has 0 saturated carbocycles. The minimum atomic E-state index is -0.618. The molecule has 23 heavy (non-hydrogen) atoms. The molecule has 3 rings (SSSR count). The van der Waals surface area contributed by atoms with Crippen LogP contribution in [0.25, 0.3) is 0 Å². The number of piperidine rings is 1. The first-order valence-electron chi connectivity index (χ1n) is 8.05. The van der Waals surface area contributed by atoms with Gasteiger partial charge in [0.05, 0.1) is 0 Å². The molecule has 0 spiro atoms. The predicted octanol–water partition coefficient (Wildman–Crippen LogP) is 2.76. The summed E-state index contributed by atoms with van der Waals surface area (Å²) in [7, 11) is 0. The monoisotopic (exact) mass is 310 g/mol. The van der Waals surface area contributed by atoms with Crippen molar-refractivity contribution in [2.24, 2.45) is 5.73 Å². The van der Waals surface area contributed by atoms with Gasteiger partial charge in [0.1, 0.15) is 5.75 Å². The number of carbonyl (C=O) groups excluding carboxylic acids is 1. The van der Waals surface area contributed by atoms with Crippen LogP contribution in [0.2, 0.25) is 0 Å². The standard InChI is InChI=1S/C19H22N2O2/c20-16-11-13-21(14-12-16)19(22)18(15-7-3-1-4-8-15)23-17-9-5-2-6-10-17/h1-10,16,18H,11-14,20H2. The molecule has 1 saturated heterocycles. The number of nitrogens with two attached hydrogens (primary N) is 1. The van der Waals surface area contributed by atoms with Gasteiger partial charge in [0.25, 0.3) is 5.91 Å². The molecule has 1 unspecified atom stereocenters. The fourth-order valence-corrected chi connectivity index (χ4v) is 2.81. The van der Waals surface area contributed by atoms with Crippen LogP contribution in [0.4, 0.5) is 0 Å². The molecule has 0 aliphatic carbocycles. The average molecular weight is 310 g/mol. The summed E-state index contributed by atoms with van der Waals surface area (Å²) in [6.07, 6.45) is 1.07. The van der Waals surface area contributed by atoms with E-state index in [-0.39, 0.29) is 11.9 Å². The van der Waals surface area contributed by atoms with Gasteiger partial charge in [-0.3, -0.25) is 4.79 Å². The predicted molar refractivity (Wildman–Crippen MR) is 90.0 cm³/mol. The van der Waals surface area contributed by atoms with E-state index in [9.17, 15) is 4.79 Å². The highest BCUT2D eigenvalue weighted by Gasteiger charge is 2.30. The minimum Gasteiger partial charge on any atom is -0.476 e. The lowest BCUT2D eigenvalue weighted by atomic mass is 10.0. The van der Waals surface area contributed by atoms with Gasteiger partial charge in [-0.2, -0.15) is 0 Å². The summed E-state index contributed by atoms with van der Waals surface area (Å²) in [4.78, 5) is 14.8. The Bertz CT molecular complexity index is 622. The fourth-order valence-electron chi connectivity index (χ4n) is 2.81. The number of likely N-dealkylation sites (tertiary alicyclic amines) is 1. The first kappa shape index (κ1) is 15.6. The maximum atomic E-state index is 13.0. The summed E-state index contributed by atoms with van der Waals surface area (Å²) in [5.41, 5.74) is 6.81. The van der Waals surface area contributed by atoms with Crippen molar-refractivity contribution in [2.45, 2.75) is 25.0 Å². The van der Waals surface area contributed by atoms with Crippen LogP contribution in [-0.4, -0.2) is 29.9 Å². The highest BCUT2D eigenvalue weighted by atomic mass is 16.5. The Morgan fingerprint density at radius 2 is 1.57 bits per heavy atom. The molecule has 0 aromatic heterocycles. The molecule has 4 nitrogen and oxygen atoms in total. The second-order valence-corrected chi connectivity index (χ2v) is 5.88. The summed E-state index contributed by atoms with van der Waals surface area (Å²) in [5.74, 6) is 0.704. The molecule has 2 aromatic carbocycles. The van der Waals surface area contributed by atoms with Gasteiger partial charge < -0.3 is 15.4 Å². The van der Waals surface area contributed by atoms with E-state index in [0.717, 1.165) is 18.4 Å². The van der Waals surface area contributed by atoms with Gasteiger partial charge in [-0.05, 0) is 25.0 Å². The minimum absolute atomic E-state index is 0.00644. The first-order chi connectivity index (χ1) is 11.2. The van der Waals surface area contributed by atoms with Gasteiger partial charge in [0.2, 0.25) is 6.10 Å². The lowest BCUT2D eigenvalue weighted by Crippen LogP contribution is -2.45. The van der Waals surface area contributed by atoms with Crippen molar-refractivity contribution >= 4 is 5.91 Å². The molecule has 1 atom stereocenters. The summed E-state index contributed by atoms with van der Waals surface area (Å²) in [6, 6.07) is 19.3. The number of rotatable bonds is 4. The maximum Gasteiger partial charge on any atom is 0.268 e. The molecule has 0 radical (unpaired) electrons. The van der Waals surface area contributed by atoms with Crippen molar-refractivity contribution in [1.82, 2.24) is 4.90 Å². The van der Waals surface area contributed by atoms with Crippen LogP contribution in [0.15, 0.2) is 60.7 Å². The largest absolute Gasteiger partial charge is 0.476 e.